The lowest BCUT2D eigenvalue weighted by Crippen LogP contribution is -2.27. The second kappa shape index (κ2) is 6.83. The van der Waals surface area contributed by atoms with Gasteiger partial charge in [-0.3, -0.25) is 4.31 Å². The lowest BCUT2D eigenvalue weighted by Gasteiger charge is -2.22. The number of anilines is 1. The average Bonchev–Trinajstić information content (AvgIpc) is 2.55. The Morgan fingerprint density at radius 2 is 1.79 bits per heavy atom. The summed E-state index contributed by atoms with van der Waals surface area (Å²) in [5, 5.41) is 0.0415. The van der Waals surface area contributed by atoms with E-state index in [-0.39, 0.29) is 15.5 Å². The molecule has 0 radical (unpaired) electrons. The Labute approximate surface area is 146 Å². The first-order valence-corrected chi connectivity index (χ1v) is 8.94. The minimum absolute atomic E-state index is 0.0415. The molecule has 0 aromatic heterocycles. The van der Waals surface area contributed by atoms with E-state index in [1.165, 1.54) is 32.4 Å². The largest absolute Gasteiger partial charge is 0.465 e. The summed E-state index contributed by atoms with van der Waals surface area (Å²) >= 11 is 6.07. The van der Waals surface area contributed by atoms with E-state index in [1.54, 1.807) is 6.07 Å². The van der Waals surface area contributed by atoms with E-state index < -0.39 is 16.0 Å². The molecule has 2 aromatic rings. The van der Waals surface area contributed by atoms with Gasteiger partial charge in [0.1, 0.15) is 4.90 Å². The fourth-order valence-corrected chi connectivity index (χ4v) is 4.03. The van der Waals surface area contributed by atoms with Crippen LogP contribution in [-0.2, 0) is 14.8 Å². The van der Waals surface area contributed by atoms with Crippen molar-refractivity contribution in [2.24, 2.45) is 0 Å². The van der Waals surface area contributed by atoms with Crippen molar-refractivity contribution < 1.29 is 17.9 Å². The SMILES string of the molecule is COC(=O)c1ccc(Cl)c(S(=O)(=O)N(C)c2cc(C)ccc2C)c1. The molecule has 0 amide bonds. The van der Waals surface area contributed by atoms with Gasteiger partial charge in [0.2, 0.25) is 0 Å². The minimum Gasteiger partial charge on any atom is -0.465 e. The average molecular weight is 368 g/mol. The first kappa shape index (κ1) is 18.3. The Bertz CT molecular complexity index is 893. The standard InChI is InChI=1S/C17H18ClNO4S/c1-11-5-6-12(2)15(9-11)19(3)24(21,22)16-10-13(17(20)23-4)7-8-14(16)18/h5-10H,1-4H3. The van der Waals surface area contributed by atoms with E-state index in [1.807, 2.05) is 26.0 Å². The summed E-state index contributed by atoms with van der Waals surface area (Å²) in [6.45, 7) is 3.71. The number of rotatable bonds is 4. The molecule has 0 unspecified atom stereocenters. The number of carbonyl (C=O) groups excluding carboxylic acids is 1. The molecule has 128 valence electrons. The van der Waals surface area contributed by atoms with Gasteiger partial charge in [-0.1, -0.05) is 23.7 Å². The molecule has 0 atom stereocenters. The van der Waals surface area contributed by atoms with Crippen molar-refractivity contribution in [3.05, 3.63) is 58.1 Å². The van der Waals surface area contributed by atoms with Crippen LogP contribution in [0.15, 0.2) is 41.3 Å². The van der Waals surface area contributed by atoms with Crippen LogP contribution in [-0.4, -0.2) is 28.5 Å². The molecule has 0 saturated carbocycles. The zero-order valence-electron chi connectivity index (χ0n) is 13.8. The number of benzene rings is 2. The fourth-order valence-electron chi connectivity index (χ4n) is 2.28. The van der Waals surface area contributed by atoms with Crippen LogP contribution in [0.25, 0.3) is 0 Å². The van der Waals surface area contributed by atoms with Crippen molar-refractivity contribution in [2.45, 2.75) is 18.7 Å². The lowest BCUT2D eigenvalue weighted by atomic mass is 10.1. The van der Waals surface area contributed by atoms with Crippen LogP contribution in [0.4, 0.5) is 5.69 Å². The first-order valence-electron chi connectivity index (χ1n) is 7.12. The van der Waals surface area contributed by atoms with Crippen LogP contribution in [0.2, 0.25) is 5.02 Å². The van der Waals surface area contributed by atoms with Crippen LogP contribution in [0.5, 0.6) is 0 Å². The van der Waals surface area contributed by atoms with Crippen molar-refractivity contribution in [3.8, 4) is 0 Å². The summed E-state index contributed by atoms with van der Waals surface area (Å²) in [5.41, 5.74) is 2.42. The number of carbonyl (C=O) groups is 1. The topological polar surface area (TPSA) is 63.7 Å². The van der Waals surface area contributed by atoms with Gasteiger partial charge in [-0.05, 0) is 49.2 Å². The molecular formula is C17H18ClNO4S. The van der Waals surface area contributed by atoms with Crippen molar-refractivity contribution in [2.75, 3.05) is 18.5 Å². The van der Waals surface area contributed by atoms with Crippen LogP contribution in [0, 0.1) is 13.8 Å². The highest BCUT2D eigenvalue weighted by Crippen LogP contribution is 2.30. The third-order valence-electron chi connectivity index (χ3n) is 3.69. The van der Waals surface area contributed by atoms with Gasteiger partial charge >= 0.3 is 5.97 Å². The van der Waals surface area contributed by atoms with E-state index in [0.29, 0.717) is 5.69 Å². The summed E-state index contributed by atoms with van der Waals surface area (Å²) in [7, 11) is -1.25. The van der Waals surface area contributed by atoms with Crippen LogP contribution in [0.1, 0.15) is 21.5 Å². The quantitative estimate of drug-likeness (QED) is 0.775. The predicted octanol–water partition coefficient (Wildman–Crippen LogP) is 3.57. The highest BCUT2D eigenvalue weighted by molar-refractivity contribution is 7.93. The molecule has 0 aliphatic carbocycles. The maximum atomic E-state index is 13.0. The van der Waals surface area contributed by atoms with E-state index in [9.17, 15) is 13.2 Å². The number of halogens is 1. The molecule has 0 saturated heterocycles. The van der Waals surface area contributed by atoms with E-state index in [0.717, 1.165) is 15.4 Å². The number of sulfonamides is 1. The van der Waals surface area contributed by atoms with Crippen LogP contribution >= 0.6 is 11.6 Å². The molecule has 0 spiro atoms. The van der Waals surface area contributed by atoms with Gasteiger partial charge in [0.15, 0.2) is 0 Å². The molecule has 24 heavy (non-hydrogen) atoms. The zero-order chi connectivity index (χ0) is 18.1. The molecular weight excluding hydrogens is 350 g/mol. The second-order valence-corrected chi connectivity index (χ2v) is 7.74. The molecule has 0 fully saturated rings. The summed E-state index contributed by atoms with van der Waals surface area (Å²) < 4.78 is 31.7. The number of hydrogen-bond donors (Lipinski definition) is 0. The third kappa shape index (κ3) is 3.39. The Morgan fingerprint density at radius 1 is 1.12 bits per heavy atom. The number of ether oxygens (including phenoxy) is 1. The monoisotopic (exact) mass is 367 g/mol. The molecule has 0 heterocycles. The Kier molecular flexibility index (Phi) is 5.20. The summed E-state index contributed by atoms with van der Waals surface area (Å²) in [6.07, 6.45) is 0. The highest BCUT2D eigenvalue weighted by Gasteiger charge is 2.26. The summed E-state index contributed by atoms with van der Waals surface area (Å²) in [6, 6.07) is 9.56. The molecule has 5 nitrogen and oxygen atoms in total. The van der Waals surface area contributed by atoms with Crippen molar-refractivity contribution in [3.63, 3.8) is 0 Å². The molecule has 0 bridgehead atoms. The van der Waals surface area contributed by atoms with Gasteiger partial charge < -0.3 is 4.74 Å². The van der Waals surface area contributed by atoms with Gasteiger partial charge in [0, 0.05) is 7.05 Å². The number of hydrogen-bond acceptors (Lipinski definition) is 4. The number of aryl methyl sites for hydroxylation is 2. The number of methoxy groups -OCH3 is 1. The Morgan fingerprint density at radius 3 is 2.42 bits per heavy atom. The van der Waals surface area contributed by atoms with E-state index in [2.05, 4.69) is 4.74 Å². The van der Waals surface area contributed by atoms with Gasteiger partial charge in [0.05, 0.1) is 23.4 Å². The maximum Gasteiger partial charge on any atom is 0.337 e. The second-order valence-electron chi connectivity index (χ2n) is 5.40. The van der Waals surface area contributed by atoms with Gasteiger partial charge in [-0.15, -0.1) is 0 Å². The molecule has 0 aliphatic rings. The summed E-state index contributed by atoms with van der Waals surface area (Å²) in [5.74, 6) is -0.627. The van der Waals surface area contributed by atoms with Gasteiger partial charge in [-0.25, -0.2) is 13.2 Å². The maximum absolute atomic E-state index is 13.0. The molecule has 2 aromatic carbocycles. The molecule has 2 rings (SSSR count). The van der Waals surface area contributed by atoms with Crippen molar-refractivity contribution in [1.82, 2.24) is 0 Å². The Hall–Kier alpha value is -2.05. The first-order chi connectivity index (χ1) is 11.2. The van der Waals surface area contributed by atoms with Crippen LogP contribution in [0.3, 0.4) is 0 Å². The number of esters is 1. The molecule has 7 heteroatoms. The number of nitrogens with zero attached hydrogens (tertiary/aromatic N) is 1. The van der Waals surface area contributed by atoms with Gasteiger partial charge in [-0.2, -0.15) is 0 Å². The fraction of sp³-hybridized carbons (Fsp3) is 0.235. The van der Waals surface area contributed by atoms with E-state index >= 15 is 0 Å². The smallest absolute Gasteiger partial charge is 0.337 e. The third-order valence-corrected chi connectivity index (χ3v) is 5.95. The predicted molar refractivity (Wildman–Crippen MR) is 94.3 cm³/mol. The van der Waals surface area contributed by atoms with Crippen molar-refractivity contribution in [1.29, 1.82) is 0 Å². The molecule has 0 N–H and O–H groups in total. The summed E-state index contributed by atoms with van der Waals surface area (Å²) in [4.78, 5) is 11.5. The molecule has 0 aliphatic heterocycles. The normalized spacial score (nSPS) is 11.2. The van der Waals surface area contributed by atoms with E-state index in [4.69, 9.17) is 11.6 Å². The van der Waals surface area contributed by atoms with Crippen LogP contribution < -0.4 is 4.31 Å². The zero-order valence-corrected chi connectivity index (χ0v) is 15.4. The highest BCUT2D eigenvalue weighted by atomic mass is 35.5. The lowest BCUT2D eigenvalue weighted by molar-refractivity contribution is 0.0600. The van der Waals surface area contributed by atoms with Crippen molar-refractivity contribution >= 4 is 33.3 Å². The minimum atomic E-state index is -3.93. The van der Waals surface area contributed by atoms with Gasteiger partial charge in [0.25, 0.3) is 10.0 Å². The Balaban J connectivity index is 2.58.